The van der Waals surface area contributed by atoms with Crippen LogP contribution in [0.2, 0.25) is 0 Å². The van der Waals surface area contributed by atoms with Crippen LogP contribution in [0.3, 0.4) is 0 Å². The minimum Gasteiger partial charge on any atom is -0.383 e. The molecule has 30 heavy (non-hydrogen) atoms. The van der Waals surface area contributed by atoms with Crippen molar-refractivity contribution in [3.8, 4) is 6.07 Å². The lowest BCUT2D eigenvalue weighted by Gasteiger charge is -2.36. The van der Waals surface area contributed by atoms with Gasteiger partial charge in [0.25, 0.3) is 5.91 Å². The van der Waals surface area contributed by atoms with Gasteiger partial charge in [-0.1, -0.05) is 31.2 Å². The van der Waals surface area contributed by atoms with Crippen molar-refractivity contribution < 1.29 is 9.18 Å². The van der Waals surface area contributed by atoms with E-state index in [4.69, 9.17) is 0 Å². The molecule has 6 heteroatoms. The number of nitrogens with one attached hydrogen (secondary N) is 1. The van der Waals surface area contributed by atoms with Crippen LogP contribution in [0.25, 0.3) is 0 Å². The Balaban J connectivity index is 1.57. The molecular formula is C24H27FN4O. The first-order chi connectivity index (χ1) is 14.5. The maximum absolute atomic E-state index is 13.1. The molecule has 1 aliphatic rings. The number of hydrogen-bond acceptors (Lipinski definition) is 4. The highest BCUT2D eigenvalue weighted by atomic mass is 19.1. The molecule has 0 radical (unpaired) electrons. The second-order valence-corrected chi connectivity index (χ2v) is 7.41. The molecule has 0 spiro atoms. The van der Waals surface area contributed by atoms with Gasteiger partial charge in [0.15, 0.2) is 0 Å². The zero-order chi connectivity index (χ0) is 21.5. The van der Waals surface area contributed by atoms with Crippen molar-refractivity contribution in [3.63, 3.8) is 0 Å². The lowest BCUT2D eigenvalue weighted by molar-refractivity contribution is -0.127. The number of carbonyl (C=O) groups excluding carboxylic acids is 1. The van der Waals surface area contributed by atoms with E-state index in [0.717, 1.165) is 17.7 Å². The van der Waals surface area contributed by atoms with Crippen LogP contribution in [-0.2, 0) is 11.2 Å². The minimum atomic E-state index is -0.266. The van der Waals surface area contributed by atoms with Gasteiger partial charge in [-0.3, -0.25) is 4.79 Å². The summed E-state index contributed by atoms with van der Waals surface area (Å²) in [5.41, 5.74) is 3.40. The number of piperazine rings is 1. The van der Waals surface area contributed by atoms with Gasteiger partial charge in [-0.2, -0.15) is 5.26 Å². The van der Waals surface area contributed by atoms with Crippen molar-refractivity contribution in [1.82, 2.24) is 10.2 Å². The normalized spacial score (nSPS) is 15.5. The maximum atomic E-state index is 13.1. The number of halogens is 1. The molecule has 1 saturated heterocycles. The predicted molar refractivity (Wildman–Crippen MR) is 116 cm³/mol. The molecule has 0 aliphatic carbocycles. The molecule has 0 saturated carbocycles. The molecule has 5 nitrogen and oxygen atoms in total. The van der Waals surface area contributed by atoms with Crippen LogP contribution < -0.4 is 10.2 Å². The summed E-state index contributed by atoms with van der Waals surface area (Å²) in [5, 5.41) is 12.7. The Labute approximate surface area is 177 Å². The van der Waals surface area contributed by atoms with E-state index >= 15 is 0 Å². The van der Waals surface area contributed by atoms with Gasteiger partial charge in [-0.25, -0.2) is 4.39 Å². The smallest absolute Gasteiger partial charge is 0.266 e. The first-order valence-corrected chi connectivity index (χ1v) is 10.3. The van der Waals surface area contributed by atoms with E-state index in [-0.39, 0.29) is 23.3 Å². The van der Waals surface area contributed by atoms with Gasteiger partial charge >= 0.3 is 0 Å². The van der Waals surface area contributed by atoms with Crippen molar-refractivity contribution in [1.29, 1.82) is 5.26 Å². The molecular weight excluding hydrogens is 379 g/mol. The summed E-state index contributed by atoms with van der Waals surface area (Å²) < 4.78 is 13.1. The van der Waals surface area contributed by atoms with Gasteiger partial charge in [0.2, 0.25) is 0 Å². The van der Waals surface area contributed by atoms with Gasteiger partial charge in [0.1, 0.15) is 17.5 Å². The van der Waals surface area contributed by atoms with Gasteiger partial charge < -0.3 is 15.1 Å². The maximum Gasteiger partial charge on any atom is 0.266 e. The first kappa shape index (κ1) is 21.4. The van der Waals surface area contributed by atoms with Crippen molar-refractivity contribution in [2.45, 2.75) is 26.3 Å². The van der Waals surface area contributed by atoms with Crippen LogP contribution in [0.5, 0.6) is 0 Å². The average molecular weight is 407 g/mol. The van der Waals surface area contributed by atoms with Gasteiger partial charge in [0, 0.05) is 44.1 Å². The lowest BCUT2D eigenvalue weighted by atomic mass is 10.1. The Morgan fingerprint density at radius 3 is 2.33 bits per heavy atom. The molecule has 2 aromatic rings. The van der Waals surface area contributed by atoms with Crippen LogP contribution in [0.4, 0.5) is 10.1 Å². The number of nitriles is 1. The highest BCUT2D eigenvalue weighted by Gasteiger charge is 2.24. The van der Waals surface area contributed by atoms with E-state index in [9.17, 15) is 14.4 Å². The number of rotatable bonds is 6. The summed E-state index contributed by atoms with van der Waals surface area (Å²) in [6.07, 6.45) is 2.51. The second-order valence-electron chi connectivity index (χ2n) is 7.41. The van der Waals surface area contributed by atoms with E-state index in [0.29, 0.717) is 26.2 Å². The third kappa shape index (κ3) is 5.18. The molecule has 1 unspecified atom stereocenters. The summed E-state index contributed by atoms with van der Waals surface area (Å²) >= 11 is 0. The van der Waals surface area contributed by atoms with Gasteiger partial charge in [0.05, 0.1) is 0 Å². The summed E-state index contributed by atoms with van der Waals surface area (Å²) in [6, 6.07) is 16.7. The highest BCUT2D eigenvalue weighted by molar-refractivity contribution is 5.97. The van der Waals surface area contributed by atoms with Gasteiger partial charge in [-0.05, 0) is 48.7 Å². The minimum absolute atomic E-state index is 0.0117. The molecule has 3 rings (SSSR count). The Morgan fingerprint density at radius 1 is 1.13 bits per heavy atom. The van der Waals surface area contributed by atoms with E-state index in [2.05, 4.69) is 41.4 Å². The van der Waals surface area contributed by atoms with E-state index in [1.54, 1.807) is 17.0 Å². The molecule has 0 aromatic heterocycles. The Morgan fingerprint density at radius 2 is 1.77 bits per heavy atom. The standard InChI is InChI=1S/C24H27FN4O/c1-3-19-4-6-20(7-5-19)18(2)27-17-21(16-26)24(30)29-14-12-28(13-15-29)23-10-8-22(25)9-11-23/h4-11,17-18,27H,3,12-15H2,1-2H3/b21-17-. The third-order valence-electron chi connectivity index (χ3n) is 5.48. The van der Waals surface area contributed by atoms with Crippen molar-refractivity contribution in [2.75, 3.05) is 31.1 Å². The van der Waals surface area contributed by atoms with Crippen LogP contribution in [0.15, 0.2) is 60.3 Å². The largest absolute Gasteiger partial charge is 0.383 e. The number of anilines is 1. The van der Waals surface area contributed by atoms with Gasteiger partial charge in [-0.15, -0.1) is 0 Å². The zero-order valence-corrected chi connectivity index (χ0v) is 17.4. The molecule has 1 heterocycles. The zero-order valence-electron chi connectivity index (χ0n) is 17.4. The summed E-state index contributed by atoms with van der Waals surface area (Å²) in [5.74, 6) is -0.531. The van der Waals surface area contributed by atoms with Crippen LogP contribution in [0, 0.1) is 17.1 Å². The molecule has 156 valence electrons. The Kier molecular flexibility index (Phi) is 7.08. The van der Waals surface area contributed by atoms with Crippen molar-refractivity contribution >= 4 is 11.6 Å². The monoisotopic (exact) mass is 406 g/mol. The van der Waals surface area contributed by atoms with Crippen molar-refractivity contribution in [3.05, 3.63) is 77.2 Å². The third-order valence-corrected chi connectivity index (χ3v) is 5.48. The molecule has 0 bridgehead atoms. The average Bonchev–Trinajstić information content (AvgIpc) is 2.80. The molecule has 1 fully saturated rings. The molecule has 1 N–H and O–H groups in total. The molecule has 2 aromatic carbocycles. The second kappa shape index (κ2) is 9.93. The van der Waals surface area contributed by atoms with E-state index in [1.165, 1.54) is 23.9 Å². The van der Waals surface area contributed by atoms with E-state index < -0.39 is 0 Å². The summed E-state index contributed by atoms with van der Waals surface area (Å²) in [6.45, 7) is 6.43. The van der Waals surface area contributed by atoms with Crippen LogP contribution in [-0.4, -0.2) is 37.0 Å². The van der Waals surface area contributed by atoms with E-state index in [1.807, 2.05) is 13.0 Å². The van der Waals surface area contributed by atoms with Crippen molar-refractivity contribution in [2.24, 2.45) is 0 Å². The fraction of sp³-hybridized carbons (Fsp3) is 0.333. The SMILES string of the molecule is CCc1ccc(C(C)N/C=C(/C#N)C(=O)N2CCN(c3ccc(F)cc3)CC2)cc1. The number of hydrogen-bond donors (Lipinski definition) is 1. The number of amides is 1. The Bertz CT molecular complexity index is 923. The number of aryl methyl sites for hydroxylation is 1. The molecule has 1 atom stereocenters. The summed E-state index contributed by atoms with van der Waals surface area (Å²) in [4.78, 5) is 16.6. The van der Waals surface area contributed by atoms with Crippen LogP contribution in [0.1, 0.15) is 31.0 Å². The molecule has 1 amide bonds. The van der Waals surface area contributed by atoms with Crippen LogP contribution >= 0.6 is 0 Å². The number of benzene rings is 2. The quantitative estimate of drug-likeness (QED) is 0.586. The summed E-state index contributed by atoms with van der Waals surface area (Å²) in [7, 11) is 0. The first-order valence-electron chi connectivity index (χ1n) is 10.3. The Hall–Kier alpha value is -3.33. The highest BCUT2D eigenvalue weighted by Crippen LogP contribution is 2.18. The number of nitrogens with zero attached hydrogens (tertiary/aromatic N) is 3. The predicted octanol–water partition coefficient (Wildman–Crippen LogP) is 3.79. The number of carbonyl (C=O) groups is 1. The topological polar surface area (TPSA) is 59.4 Å². The molecule has 1 aliphatic heterocycles. The fourth-order valence-corrected chi connectivity index (χ4v) is 3.48. The fourth-order valence-electron chi connectivity index (χ4n) is 3.48. The lowest BCUT2D eigenvalue weighted by Crippen LogP contribution is -2.49.